The Morgan fingerprint density at radius 1 is 1.33 bits per heavy atom. The summed E-state index contributed by atoms with van der Waals surface area (Å²) in [5.74, 6) is -0.171. The number of carbonyl (C=O) groups excluding carboxylic acids is 1. The molecule has 0 radical (unpaired) electrons. The van der Waals surface area contributed by atoms with Gasteiger partial charge in [-0.1, -0.05) is 12.1 Å². The molecule has 1 aliphatic heterocycles. The predicted molar refractivity (Wildman–Crippen MR) is 92.4 cm³/mol. The van der Waals surface area contributed by atoms with Gasteiger partial charge in [-0.2, -0.15) is 0 Å². The molecule has 3 rings (SSSR count). The molecule has 1 atom stereocenters. The van der Waals surface area contributed by atoms with Crippen LogP contribution in [0.3, 0.4) is 0 Å². The molecule has 3 N–H and O–H groups in total. The normalized spacial score (nSPS) is 17.8. The minimum absolute atomic E-state index is 0.0896. The number of benzene rings is 1. The third kappa shape index (κ3) is 4.02. The van der Waals surface area contributed by atoms with Gasteiger partial charge >= 0.3 is 0 Å². The Labute approximate surface area is 144 Å². The van der Waals surface area contributed by atoms with Crippen LogP contribution in [-0.4, -0.2) is 33.6 Å². The van der Waals surface area contributed by atoms with E-state index in [4.69, 9.17) is 9.88 Å². The van der Waals surface area contributed by atoms with Gasteiger partial charge in [-0.25, -0.2) is 13.6 Å². The fourth-order valence-corrected chi connectivity index (χ4v) is 4.28. The molecule has 8 heteroatoms. The second-order valence-corrected chi connectivity index (χ2v) is 8.46. The Morgan fingerprint density at radius 2 is 2.17 bits per heavy atom. The van der Waals surface area contributed by atoms with Crippen LogP contribution >= 0.6 is 11.3 Å². The van der Waals surface area contributed by atoms with Crippen LogP contribution in [0.5, 0.6) is 0 Å². The summed E-state index contributed by atoms with van der Waals surface area (Å²) >= 11 is 1.08. The molecule has 1 amide bonds. The van der Waals surface area contributed by atoms with Crippen LogP contribution in [0.25, 0.3) is 10.4 Å². The van der Waals surface area contributed by atoms with Gasteiger partial charge in [0, 0.05) is 23.6 Å². The van der Waals surface area contributed by atoms with Gasteiger partial charge in [0.1, 0.15) is 4.21 Å². The molecule has 0 spiro atoms. The zero-order chi connectivity index (χ0) is 17.2. The minimum Gasteiger partial charge on any atom is -0.376 e. The number of thiophene rings is 1. The molecule has 1 saturated heterocycles. The van der Waals surface area contributed by atoms with Crippen molar-refractivity contribution < 1.29 is 17.9 Å². The van der Waals surface area contributed by atoms with Gasteiger partial charge in [0.25, 0.3) is 5.91 Å². The third-order valence-electron chi connectivity index (χ3n) is 3.79. The van der Waals surface area contributed by atoms with E-state index in [0.717, 1.165) is 41.2 Å². The number of ether oxygens (including phenoxy) is 1. The molecule has 1 aromatic carbocycles. The van der Waals surface area contributed by atoms with Crippen molar-refractivity contribution in [3.8, 4) is 10.4 Å². The van der Waals surface area contributed by atoms with Gasteiger partial charge in [0.15, 0.2) is 0 Å². The van der Waals surface area contributed by atoms with E-state index in [9.17, 15) is 13.2 Å². The first-order valence-electron chi connectivity index (χ1n) is 7.56. The summed E-state index contributed by atoms with van der Waals surface area (Å²) in [7, 11) is -3.71. The maximum atomic E-state index is 12.3. The standard InChI is InChI=1S/C16H18N2O4S2/c17-24(20,21)15-7-6-14(23-15)11-3-1-4-12(9-11)16(19)18-10-13-5-2-8-22-13/h1,3-4,6-7,9,13H,2,5,8,10H2,(H,18,19)(H2,17,20,21)/t13-/m1/s1. The molecule has 2 heterocycles. The van der Waals surface area contributed by atoms with E-state index in [1.807, 2.05) is 6.07 Å². The molecule has 0 bridgehead atoms. The number of primary sulfonamides is 1. The van der Waals surface area contributed by atoms with Crippen LogP contribution in [0.4, 0.5) is 0 Å². The predicted octanol–water partition coefficient (Wildman–Crippen LogP) is 1.97. The molecule has 6 nitrogen and oxygen atoms in total. The minimum atomic E-state index is -3.71. The highest BCUT2D eigenvalue weighted by Gasteiger charge is 2.17. The lowest BCUT2D eigenvalue weighted by molar-refractivity contribution is 0.0858. The van der Waals surface area contributed by atoms with Crippen LogP contribution in [0.1, 0.15) is 23.2 Å². The number of amides is 1. The summed E-state index contributed by atoms with van der Waals surface area (Å²) in [6, 6.07) is 10.2. The van der Waals surface area contributed by atoms with Gasteiger partial charge in [-0.15, -0.1) is 11.3 Å². The average molecular weight is 366 g/mol. The molecule has 1 aromatic heterocycles. The second kappa shape index (κ2) is 7.02. The van der Waals surface area contributed by atoms with E-state index in [-0.39, 0.29) is 16.2 Å². The fourth-order valence-electron chi connectivity index (χ4n) is 2.56. The SMILES string of the molecule is NS(=O)(=O)c1ccc(-c2cccc(C(=O)NC[C@H]3CCCO3)c2)s1. The van der Waals surface area contributed by atoms with Gasteiger partial charge in [-0.3, -0.25) is 4.79 Å². The summed E-state index contributed by atoms with van der Waals surface area (Å²) in [5.41, 5.74) is 1.30. The summed E-state index contributed by atoms with van der Waals surface area (Å²) in [6.07, 6.45) is 2.08. The Bertz CT molecular complexity index is 839. The van der Waals surface area contributed by atoms with Gasteiger partial charge in [0.2, 0.25) is 10.0 Å². The van der Waals surface area contributed by atoms with Gasteiger partial charge in [-0.05, 0) is 42.7 Å². The summed E-state index contributed by atoms with van der Waals surface area (Å²) in [6.45, 7) is 1.25. The Morgan fingerprint density at radius 3 is 2.83 bits per heavy atom. The van der Waals surface area contributed by atoms with E-state index < -0.39 is 10.0 Å². The molecule has 24 heavy (non-hydrogen) atoms. The first-order valence-corrected chi connectivity index (χ1v) is 9.92. The van der Waals surface area contributed by atoms with E-state index in [2.05, 4.69) is 5.32 Å². The van der Waals surface area contributed by atoms with E-state index in [1.54, 1.807) is 24.3 Å². The van der Waals surface area contributed by atoms with Crippen LogP contribution < -0.4 is 10.5 Å². The number of carbonyl (C=O) groups is 1. The quantitative estimate of drug-likeness (QED) is 0.845. The number of hydrogen-bond acceptors (Lipinski definition) is 5. The van der Waals surface area contributed by atoms with Crippen molar-refractivity contribution in [1.82, 2.24) is 5.32 Å². The lowest BCUT2D eigenvalue weighted by Gasteiger charge is -2.11. The van der Waals surface area contributed by atoms with E-state index >= 15 is 0 Å². The van der Waals surface area contributed by atoms with Crippen LogP contribution in [0.15, 0.2) is 40.6 Å². The number of sulfonamides is 1. The van der Waals surface area contributed by atoms with E-state index in [1.165, 1.54) is 6.07 Å². The molecule has 1 aliphatic rings. The maximum Gasteiger partial charge on any atom is 0.251 e. The van der Waals surface area contributed by atoms with Crippen molar-refractivity contribution >= 4 is 27.3 Å². The first kappa shape index (κ1) is 17.1. The molecular weight excluding hydrogens is 348 g/mol. The number of hydrogen-bond donors (Lipinski definition) is 2. The Hall–Kier alpha value is -1.74. The lowest BCUT2D eigenvalue weighted by Crippen LogP contribution is -2.31. The van der Waals surface area contributed by atoms with Crippen LogP contribution in [-0.2, 0) is 14.8 Å². The number of nitrogens with one attached hydrogen (secondary N) is 1. The maximum absolute atomic E-state index is 12.3. The zero-order valence-electron chi connectivity index (χ0n) is 12.9. The Balaban J connectivity index is 1.73. The Kier molecular flexibility index (Phi) is 5.00. The number of nitrogens with two attached hydrogens (primary N) is 1. The van der Waals surface area contributed by atoms with Gasteiger partial charge in [0.05, 0.1) is 6.10 Å². The van der Waals surface area contributed by atoms with Crippen molar-refractivity contribution in [2.45, 2.75) is 23.2 Å². The van der Waals surface area contributed by atoms with Crippen molar-refractivity contribution in [2.75, 3.05) is 13.2 Å². The largest absolute Gasteiger partial charge is 0.376 e. The first-order chi connectivity index (χ1) is 11.4. The summed E-state index contributed by atoms with van der Waals surface area (Å²) in [5, 5.41) is 8.00. The average Bonchev–Trinajstić information content (AvgIpc) is 3.23. The smallest absolute Gasteiger partial charge is 0.251 e. The van der Waals surface area contributed by atoms with Crippen LogP contribution in [0, 0.1) is 0 Å². The molecule has 128 valence electrons. The highest BCUT2D eigenvalue weighted by atomic mass is 32.2. The monoisotopic (exact) mass is 366 g/mol. The molecule has 0 unspecified atom stereocenters. The lowest BCUT2D eigenvalue weighted by atomic mass is 10.1. The van der Waals surface area contributed by atoms with Crippen molar-refractivity contribution in [1.29, 1.82) is 0 Å². The van der Waals surface area contributed by atoms with Crippen LogP contribution in [0.2, 0.25) is 0 Å². The van der Waals surface area contributed by atoms with E-state index in [0.29, 0.717) is 12.1 Å². The third-order valence-corrected chi connectivity index (χ3v) is 6.36. The fraction of sp³-hybridized carbons (Fsp3) is 0.312. The zero-order valence-corrected chi connectivity index (χ0v) is 14.5. The van der Waals surface area contributed by atoms with Crippen molar-refractivity contribution in [2.24, 2.45) is 5.14 Å². The molecule has 0 aliphatic carbocycles. The second-order valence-electron chi connectivity index (χ2n) is 5.59. The summed E-state index contributed by atoms with van der Waals surface area (Å²) in [4.78, 5) is 13.0. The molecule has 0 saturated carbocycles. The van der Waals surface area contributed by atoms with Crippen molar-refractivity contribution in [3.05, 3.63) is 42.0 Å². The highest BCUT2D eigenvalue weighted by Crippen LogP contribution is 2.30. The topological polar surface area (TPSA) is 98.5 Å². The molecule has 1 fully saturated rings. The molecule has 2 aromatic rings. The number of rotatable bonds is 5. The van der Waals surface area contributed by atoms with Gasteiger partial charge < -0.3 is 10.1 Å². The van der Waals surface area contributed by atoms with Crippen molar-refractivity contribution in [3.63, 3.8) is 0 Å². The summed E-state index contributed by atoms with van der Waals surface area (Å²) < 4.78 is 28.3. The highest BCUT2D eigenvalue weighted by molar-refractivity contribution is 7.91. The molecular formula is C16H18N2O4S2.